The molecule has 0 unspecified atom stereocenters. The minimum Gasteiger partial charge on any atom is -0.368 e. The fourth-order valence-corrected chi connectivity index (χ4v) is 2.97. The van der Waals surface area contributed by atoms with Gasteiger partial charge in [0.2, 0.25) is 11.8 Å². The van der Waals surface area contributed by atoms with E-state index < -0.39 is 24.0 Å². The number of nitrogens with one attached hydrogen (secondary N) is 1. The van der Waals surface area contributed by atoms with Crippen molar-refractivity contribution in [2.75, 3.05) is 6.61 Å². The summed E-state index contributed by atoms with van der Waals surface area (Å²) >= 11 is 0. The quantitative estimate of drug-likeness (QED) is 0.636. The molecule has 0 radical (unpaired) electrons. The lowest BCUT2D eigenvalue weighted by atomic mass is 10.0. The average molecular weight is 374 g/mol. The van der Waals surface area contributed by atoms with Crippen LogP contribution in [-0.2, 0) is 14.3 Å². The zero-order chi connectivity index (χ0) is 19.8. The van der Waals surface area contributed by atoms with Crippen LogP contribution in [0.3, 0.4) is 0 Å². The van der Waals surface area contributed by atoms with Gasteiger partial charge in [0.05, 0.1) is 0 Å². The van der Waals surface area contributed by atoms with E-state index in [-0.39, 0.29) is 6.61 Å². The Hall–Kier alpha value is -3.44. The Morgan fingerprint density at radius 3 is 1.61 bits per heavy atom. The Morgan fingerprint density at radius 1 is 0.750 bits per heavy atom. The van der Waals surface area contributed by atoms with Gasteiger partial charge in [-0.05, 0) is 16.7 Å². The first kappa shape index (κ1) is 19.3. The van der Waals surface area contributed by atoms with Crippen molar-refractivity contribution in [2.24, 2.45) is 5.73 Å². The summed E-state index contributed by atoms with van der Waals surface area (Å²) < 4.78 is 5.93. The molecular weight excluding hydrogens is 352 g/mol. The van der Waals surface area contributed by atoms with Crippen LogP contribution in [0.5, 0.6) is 0 Å². The van der Waals surface area contributed by atoms with Gasteiger partial charge in [0.15, 0.2) is 0 Å². The lowest BCUT2D eigenvalue weighted by molar-refractivity contribution is -0.131. The van der Waals surface area contributed by atoms with Gasteiger partial charge in [0.25, 0.3) is 0 Å². The summed E-state index contributed by atoms with van der Waals surface area (Å²) in [6.07, 6.45) is -0.392. The Bertz CT molecular complexity index is 859. The van der Waals surface area contributed by atoms with Crippen molar-refractivity contribution >= 4 is 11.8 Å². The lowest BCUT2D eigenvalue weighted by Crippen LogP contribution is -2.39. The molecule has 3 aromatic carbocycles. The average Bonchev–Trinajstić information content (AvgIpc) is 2.74. The smallest absolute Gasteiger partial charge is 0.246 e. The fraction of sp³-hybridized carbons (Fsp3) is 0.130. The number of amides is 2. The van der Waals surface area contributed by atoms with Crippen molar-refractivity contribution in [2.45, 2.75) is 12.1 Å². The van der Waals surface area contributed by atoms with E-state index in [0.29, 0.717) is 5.56 Å². The van der Waals surface area contributed by atoms with Crippen LogP contribution >= 0.6 is 0 Å². The van der Waals surface area contributed by atoms with Gasteiger partial charge in [0.1, 0.15) is 18.8 Å². The third-order valence-electron chi connectivity index (χ3n) is 4.31. The van der Waals surface area contributed by atoms with E-state index in [9.17, 15) is 9.59 Å². The number of nitrogens with two attached hydrogens (primary N) is 1. The summed E-state index contributed by atoms with van der Waals surface area (Å²) in [5, 5.41) is 2.65. The van der Waals surface area contributed by atoms with E-state index in [1.165, 1.54) is 0 Å². The number of carbonyl (C=O) groups is 2. The molecule has 0 bridgehead atoms. The second-order valence-electron chi connectivity index (χ2n) is 6.33. The Balaban J connectivity index is 1.71. The Morgan fingerprint density at radius 2 is 1.18 bits per heavy atom. The van der Waals surface area contributed by atoms with Gasteiger partial charge in [-0.2, -0.15) is 0 Å². The Labute approximate surface area is 164 Å². The van der Waals surface area contributed by atoms with Crippen molar-refractivity contribution in [1.82, 2.24) is 5.32 Å². The molecular formula is C23H22N2O3. The predicted molar refractivity (Wildman–Crippen MR) is 107 cm³/mol. The molecule has 0 saturated carbocycles. The second-order valence-corrected chi connectivity index (χ2v) is 6.33. The highest BCUT2D eigenvalue weighted by Crippen LogP contribution is 2.25. The van der Waals surface area contributed by atoms with Crippen LogP contribution in [0.25, 0.3) is 0 Å². The molecule has 1 atom stereocenters. The lowest BCUT2D eigenvalue weighted by Gasteiger charge is -2.20. The maximum Gasteiger partial charge on any atom is 0.246 e. The van der Waals surface area contributed by atoms with Gasteiger partial charge in [-0.3, -0.25) is 9.59 Å². The number of hydrogen-bond acceptors (Lipinski definition) is 3. The standard InChI is InChI=1S/C23H22N2O3/c24-23(27)21(17-10-4-1-5-11-17)25-20(26)16-28-22(18-12-6-2-7-13-18)19-14-8-3-9-15-19/h1-15,21-22H,16H2,(H2,24,27)(H,25,26)/t21-/m0/s1. The summed E-state index contributed by atoms with van der Waals surface area (Å²) in [4.78, 5) is 24.2. The molecule has 0 aliphatic heterocycles. The first-order chi connectivity index (χ1) is 13.6. The number of primary amides is 1. The molecule has 3 aromatic rings. The third-order valence-corrected chi connectivity index (χ3v) is 4.31. The normalized spacial score (nSPS) is 11.8. The summed E-state index contributed by atoms with van der Waals surface area (Å²) in [5.74, 6) is -1.04. The van der Waals surface area contributed by atoms with Crippen LogP contribution in [0.1, 0.15) is 28.8 Å². The van der Waals surface area contributed by atoms with Gasteiger partial charge < -0.3 is 15.8 Å². The summed E-state index contributed by atoms with van der Waals surface area (Å²) in [5.41, 5.74) is 7.97. The van der Waals surface area contributed by atoms with Crippen LogP contribution in [-0.4, -0.2) is 18.4 Å². The number of benzene rings is 3. The van der Waals surface area contributed by atoms with Crippen LogP contribution in [0.2, 0.25) is 0 Å². The van der Waals surface area contributed by atoms with Crippen molar-refractivity contribution in [3.05, 3.63) is 108 Å². The van der Waals surface area contributed by atoms with E-state index in [2.05, 4.69) is 5.32 Å². The molecule has 142 valence electrons. The summed E-state index contributed by atoms with van der Waals surface area (Å²) in [7, 11) is 0. The van der Waals surface area contributed by atoms with E-state index >= 15 is 0 Å². The zero-order valence-electron chi connectivity index (χ0n) is 15.3. The van der Waals surface area contributed by atoms with Crippen molar-refractivity contribution in [3.8, 4) is 0 Å². The highest BCUT2D eigenvalue weighted by atomic mass is 16.5. The highest BCUT2D eigenvalue weighted by Gasteiger charge is 2.21. The van der Waals surface area contributed by atoms with Crippen LogP contribution in [0, 0.1) is 0 Å². The van der Waals surface area contributed by atoms with Gasteiger partial charge in [-0.25, -0.2) is 0 Å². The maximum atomic E-state index is 12.5. The molecule has 5 nitrogen and oxygen atoms in total. The Kier molecular flexibility index (Phi) is 6.54. The SMILES string of the molecule is NC(=O)[C@@H](NC(=O)COC(c1ccccc1)c1ccccc1)c1ccccc1. The third kappa shape index (κ3) is 5.05. The van der Waals surface area contributed by atoms with E-state index in [1.54, 1.807) is 24.3 Å². The molecule has 0 saturated heterocycles. The van der Waals surface area contributed by atoms with Crippen molar-refractivity contribution in [3.63, 3.8) is 0 Å². The van der Waals surface area contributed by atoms with Crippen LogP contribution in [0.4, 0.5) is 0 Å². The molecule has 0 fully saturated rings. The molecule has 0 aliphatic carbocycles. The molecule has 0 spiro atoms. The first-order valence-electron chi connectivity index (χ1n) is 9.00. The number of carbonyl (C=O) groups excluding carboxylic acids is 2. The van der Waals surface area contributed by atoms with Gasteiger partial charge in [0, 0.05) is 0 Å². The molecule has 2 amide bonds. The molecule has 28 heavy (non-hydrogen) atoms. The van der Waals surface area contributed by atoms with E-state index in [4.69, 9.17) is 10.5 Å². The van der Waals surface area contributed by atoms with Gasteiger partial charge in [-0.15, -0.1) is 0 Å². The summed E-state index contributed by atoms with van der Waals surface area (Å²) in [6.45, 7) is -0.203. The molecule has 5 heteroatoms. The van der Waals surface area contributed by atoms with Crippen molar-refractivity contribution < 1.29 is 14.3 Å². The molecule has 3 rings (SSSR count). The van der Waals surface area contributed by atoms with Gasteiger partial charge in [-0.1, -0.05) is 91.0 Å². The first-order valence-corrected chi connectivity index (χ1v) is 9.00. The molecule has 0 heterocycles. The number of rotatable bonds is 8. The van der Waals surface area contributed by atoms with E-state index in [0.717, 1.165) is 11.1 Å². The summed E-state index contributed by atoms with van der Waals surface area (Å²) in [6, 6.07) is 27.3. The largest absolute Gasteiger partial charge is 0.368 e. The van der Waals surface area contributed by atoms with Crippen LogP contribution < -0.4 is 11.1 Å². The van der Waals surface area contributed by atoms with Crippen LogP contribution in [0.15, 0.2) is 91.0 Å². The molecule has 3 N–H and O–H groups in total. The monoisotopic (exact) mass is 374 g/mol. The zero-order valence-corrected chi connectivity index (χ0v) is 15.3. The van der Waals surface area contributed by atoms with E-state index in [1.807, 2.05) is 66.7 Å². The minimum absolute atomic E-state index is 0.203. The number of hydrogen-bond donors (Lipinski definition) is 2. The van der Waals surface area contributed by atoms with Crippen molar-refractivity contribution in [1.29, 1.82) is 0 Å². The highest BCUT2D eigenvalue weighted by molar-refractivity contribution is 5.88. The minimum atomic E-state index is -0.899. The number of ether oxygens (including phenoxy) is 1. The topological polar surface area (TPSA) is 81.4 Å². The maximum absolute atomic E-state index is 12.5. The predicted octanol–water partition coefficient (Wildman–Crippen LogP) is 3.14. The molecule has 0 aromatic heterocycles. The fourth-order valence-electron chi connectivity index (χ4n) is 2.97. The second kappa shape index (κ2) is 9.48. The molecule has 0 aliphatic rings. The van der Waals surface area contributed by atoms with Gasteiger partial charge >= 0.3 is 0 Å².